The zero-order chi connectivity index (χ0) is 15.1. The van der Waals surface area contributed by atoms with Crippen molar-refractivity contribution in [1.82, 2.24) is 10.3 Å². The van der Waals surface area contributed by atoms with Crippen LogP contribution in [0.15, 0.2) is 18.3 Å². The summed E-state index contributed by atoms with van der Waals surface area (Å²) < 4.78 is 5.58. The van der Waals surface area contributed by atoms with Crippen molar-refractivity contribution in [3.63, 3.8) is 0 Å². The van der Waals surface area contributed by atoms with Gasteiger partial charge >= 0.3 is 0 Å². The van der Waals surface area contributed by atoms with Gasteiger partial charge in [0.25, 0.3) is 0 Å². The van der Waals surface area contributed by atoms with E-state index in [2.05, 4.69) is 43.1 Å². The fourth-order valence-corrected chi connectivity index (χ4v) is 2.88. The maximum Gasteiger partial charge on any atom is 0.0670 e. The van der Waals surface area contributed by atoms with Crippen LogP contribution in [0.1, 0.15) is 51.8 Å². The summed E-state index contributed by atoms with van der Waals surface area (Å²) in [5.41, 5.74) is 2.37. The summed E-state index contributed by atoms with van der Waals surface area (Å²) in [6, 6.07) is 5.23. The molecule has 2 heterocycles. The quantitative estimate of drug-likeness (QED) is 0.837. The Balaban J connectivity index is 2.06. The van der Waals surface area contributed by atoms with Crippen LogP contribution in [0, 0.1) is 0 Å². The number of ether oxygens (including phenoxy) is 1. The molecule has 1 aliphatic heterocycles. The van der Waals surface area contributed by atoms with E-state index >= 15 is 0 Å². The van der Waals surface area contributed by atoms with Crippen molar-refractivity contribution in [2.75, 3.05) is 31.2 Å². The average molecular weight is 291 g/mol. The summed E-state index contributed by atoms with van der Waals surface area (Å²) in [6.45, 7) is 10.3. The smallest absolute Gasteiger partial charge is 0.0670 e. The molecule has 1 aromatic rings. The summed E-state index contributed by atoms with van der Waals surface area (Å²) in [7, 11) is 0. The molecular weight excluding hydrogens is 262 g/mol. The minimum atomic E-state index is 0.366. The predicted octanol–water partition coefficient (Wildman–Crippen LogP) is 3.15. The third-order valence-electron chi connectivity index (χ3n) is 4.21. The third-order valence-corrected chi connectivity index (χ3v) is 4.21. The van der Waals surface area contributed by atoms with Crippen LogP contribution in [0.2, 0.25) is 0 Å². The number of nitrogens with one attached hydrogen (secondary N) is 1. The molecule has 1 aromatic heterocycles. The fraction of sp³-hybridized carbons (Fsp3) is 0.706. The number of hydrogen-bond acceptors (Lipinski definition) is 4. The minimum Gasteiger partial charge on any atom is -0.377 e. The van der Waals surface area contributed by atoms with Crippen molar-refractivity contribution >= 4 is 5.69 Å². The van der Waals surface area contributed by atoms with Gasteiger partial charge < -0.3 is 15.0 Å². The summed E-state index contributed by atoms with van der Waals surface area (Å²) in [5.74, 6) is 0. The first-order chi connectivity index (χ1) is 10.3. The lowest BCUT2D eigenvalue weighted by molar-refractivity contribution is 0.0929. The first-order valence-corrected chi connectivity index (χ1v) is 8.33. The van der Waals surface area contributed by atoms with Gasteiger partial charge in [0.1, 0.15) is 0 Å². The fourth-order valence-electron chi connectivity index (χ4n) is 2.88. The molecule has 1 N–H and O–H groups in total. The topological polar surface area (TPSA) is 37.4 Å². The molecule has 0 saturated carbocycles. The zero-order valence-electron chi connectivity index (χ0n) is 13.6. The van der Waals surface area contributed by atoms with Crippen LogP contribution >= 0.6 is 0 Å². The monoisotopic (exact) mass is 291 g/mol. The van der Waals surface area contributed by atoms with E-state index < -0.39 is 0 Å². The lowest BCUT2D eigenvalue weighted by Crippen LogP contribution is -2.45. The van der Waals surface area contributed by atoms with Crippen LogP contribution in [0.5, 0.6) is 0 Å². The van der Waals surface area contributed by atoms with Gasteiger partial charge in [-0.15, -0.1) is 0 Å². The van der Waals surface area contributed by atoms with Crippen molar-refractivity contribution in [2.45, 2.75) is 52.1 Å². The molecule has 2 unspecified atom stereocenters. The molecule has 1 fully saturated rings. The van der Waals surface area contributed by atoms with Crippen molar-refractivity contribution in [3.8, 4) is 0 Å². The summed E-state index contributed by atoms with van der Waals surface area (Å²) in [4.78, 5) is 7.13. The number of anilines is 1. The lowest BCUT2D eigenvalue weighted by Gasteiger charge is -2.36. The van der Waals surface area contributed by atoms with Crippen molar-refractivity contribution in [3.05, 3.63) is 24.0 Å². The summed E-state index contributed by atoms with van der Waals surface area (Å²) in [6.07, 6.45) is 5.36. The van der Waals surface area contributed by atoms with E-state index in [1.807, 2.05) is 6.20 Å². The van der Waals surface area contributed by atoms with E-state index in [1.165, 1.54) is 5.69 Å². The molecule has 1 saturated heterocycles. The Morgan fingerprint density at radius 3 is 2.86 bits per heavy atom. The third kappa shape index (κ3) is 4.17. The van der Waals surface area contributed by atoms with Gasteiger partial charge in [-0.25, -0.2) is 0 Å². The average Bonchev–Trinajstić information content (AvgIpc) is 2.56. The van der Waals surface area contributed by atoms with Crippen LogP contribution in [0.25, 0.3) is 0 Å². The number of morpholine rings is 1. The van der Waals surface area contributed by atoms with Gasteiger partial charge in [0.2, 0.25) is 0 Å². The molecule has 118 valence electrons. The molecule has 0 spiro atoms. The molecule has 0 aliphatic carbocycles. The van der Waals surface area contributed by atoms with Crippen LogP contribution in [0.4, 0.5) is 5.69 Å². The van der Waals surface area contributed by atoms with Crippen molar-refractivity contribution in [1.29, 1.82) is 0 Å². The number of nitrogens with zero attached hydrogens (tertiary/aromatic N) is 2. The highest BCUT2D eigenvalue weighted by Crippen LogP contribution is 2.23. The molecule has 21 heavy (non-hydrogen) atoms. The molecule has 1 aliphatic rings. The predicted molar refractivity (Wildman–Crippen MR) is 87.8 cm³/mol. The second kappa shape index (κ2) is 8.35. The maximum absolute atomic E-state index is 5.58. The molecule has 0 radical (unpaired) electrons. The Kier molecular flexibility index (Phi) is 6.46. The van der Waals surface area contributed by atoms with Gasteiger partial charge in [0.05, 0.1) is 36.8 Å². The molecule has 0 bridgehead atoms. The van der Waals surface area contributed by atoms with Crippen molar-refractivity contribution < 1.29 is 4.74 Å². The van der Waals surface area contributed by atoms with E-state index in [9.17, 15) is 0 Å². The standard InChI is InChI=1S/C17H29N3O/c1-4-9-18-16(6-3)17-8-7-15(12-19-17)20-10-11-21-13-14(20)5-2/h7-8,12,14,16,18H,4-6,9-11,13H2,1-3H3. The van der Waals surface area contributed by atoms with Crippen LogP contribution in [-0.2, 0) is 4.74 Å². The lowest BCUT2D eigenvalue weighted by atomic mass is 10.1. The van der Waals surface area contributed by atoms with E-state index in [4.69, 9.17) is 9.72 Å². The van der Waals surface area contributed by atoms with Crippen LogP contribution in [0.3, 0.4) is 0 Å². The molecule has 0 amide bonds. The molecule has 0 aromatic carbocycles. The normalized spacial score (nSPS) is 20.5. The van der Waals surface area contributed by atoms with Gasteiger partial charge in [-0.1, -0.05) is 20.8 Å². The van der Waals surface area contributed by atoms with Crippen molar-refractivity contribution in [2.24, 2.45) is 0 Å². The van der Waals surface area contributed by atoms with Gasteiger partial charge in [0.15, 0.2) is 0 Å². The summed E-state index contributed by atoms with van der Waals surface area (Å²) >= 11 is 0. The van der Waals surface area contributed by atoms with Gasteiger partial charge in [0, 0.05) is 12.6 Å². The van der Waals surface area contributed by atoms with Crippen LogP contribution in [-0.4, -0.2) is 37.3 Å². The SMILES string of the molecule is CCCNC(CC)c1ccc(N2CCOCC2CC)cn1. The Morgan fingerprint density at radius 2 is 2.24 bits per heavy atom. The first-order valence-electron chi connectivity index (χ1n) is 8.33. The molecule has 4 nitrogen and oxygen atoms in total. The largest absolute Gasteiger partial charge is 0.377 e. The second-order valence-electron chi connectivity index (χ2n) is 5.69. The summed E-state index contributed by atoms with van der Waals surface area (Å²) in [5, 5.41) is 3.56. The van der Waals surface area contributed by atoms with E-state index in [0.717, 1.165) is 51.3 Å². The zero-order valence-corrected chi connectivity index (χ0v) is 13.6. The van der Waals surface area contributed by atoms with E-state index in [-0.39, 0.29) is 0 Å². The Morgan fingerprint density at radius 1 is 1.38 bits per heavy atom. The van der Waals surface area contributed by atoms with Gasteiger partial charge in [-0.05, 0) is 37.9 Å². The number of hydrogen-bond donors (Lipinski definition) is 1. The molecule has 2 atom stereocenters. The van der Waals surface area contributed by atoms with E-state index in [1.54, 1.807) is 0 Å². The highest BCUT2D eigenvalue weighted by Gasteiger charge is 2.22. The second-order valence-corrected chi connectivity index (χ2v) is 5.69. The van der Waals surface area contributed by atoms with Crippen LogP contribution < -0.4 is 10.2 Å². The van der Waals surface area contributed by atoms with Gasteiger partial charge in [-0.2, -0.15) is 0 Å². The highest BCUT2D eigenvalue weighted by atomic mass is 16.5. The molecule has 4 heteroatoms. The number of rotatable bonds is 7. The number of pyridine rings is 1. The molecular formula is C17H29N3O. The molecule has 2 rings (SSSR count). The maximum atomic E-state index is 5.58. The van der Waals surface area contributed by atoms with Gasteiger partial charge in [-0.3, -0.25) is 4.98 Å². The first kappa shape index (κ1) is 16.2. The Hall–Kier alpha value is -1.13. The van der Waals surface area contributed by atoms with E-state index in [0.29, 0.717) is 12.1 Å². The Labute approximate surface area is 128 Å². The minimum absolute atomic E-state index is 0.366. The highest BCUT2D eigenvalue weighted by molar-refractivity contribution is 5.46. The number of aromatic nitrogens is 1. The Bertz CT molecular complexity index is 407.